The molecule has 1 N–H and O–H groups in total. The summed E-state index contributed by atoms with van der Waals surface area (Å²) in [7, 11) is -2.20. The number of rotatable bonds is 5. The van der Waals surface area contributed by atoms with Gasteiger partial charge in [0.25, 0.3) is 15.9 Å². The summed E-state index contributed by atoms with van der Waals surface area (Å²) in [5, 5.41) is 3.35. The van der Waals surface area contributed by atoms with E-state index in [1.54, 1.807) is 60.7 Å². The van der Waals surface area contributed by atoms with E-state index < -0.39 is 10.0 Å². The maximum atomic E-state index is 12.8. The number of hydrogen-bond acceptors (Lipinski definition) is 3. The summed E-state index contributed by atoms with van der Waals surface area (Å²) in [4.78, 5) is 12.7. The molecule has 0 aliphatic rings. The van der Waals surface area contributed by atoms with Crippen molar-refractivity contribution in [1.82, 2.24) is 0 Å². The number of amides is 1. The van der Waals surface area contributed by atoms with Crippen LogP contribution in [0.5, 0.6) is 0 Å². The molecule has 0 aliphatic carbocycles. The van der Waals surface area contributed by atoms with Crippen molar-refractivity contribution in [2.45, 2.75) is 18.7 Å². The molecule has 3 aromatic rings. The van der Waals surface area contributed by atoms with E-state index in [0.717, 1.165) is 11.1 Å². The van der Waals surface area contributed by atoms with E-state index in [4.69, 9.17) is 11.6 Å². The van der Waals surface area contributed by atoms with Crippen LogP contribution >= 0.6 is 11.6 Å². The Morgan fingerprint density at radius 3 is 2.17 bits per heavy atom. The molecule has 150 valence electrons. The molecular formula is C22H21ClN2O3S. The number of aryl methyl sites for hydroxylation is 2. The third-order valence-electron chi connectivity index (χ3n) is 4.62. The van der Waals surface area contributed by atoms with Gasteiger partial charge in [-0.05, 0) is 67.9 Å². The largest absolute Gasteiger partial charge is 0.322 e. The summed E-state index contributed by atoms with van der Waals surface area (Å²) < 4.78 is 26.8. The summed E-state index contributed by atoms with van der Waals surface area (Å²) in [6, 6.07) is 18.3. The van der Waals surface area contributed by atoms with Crippen LogP contribution in [0.25, 0.3) is 0 Å². The quantitative estimate of drug-likeness (QED) is 0.619. The van der Waals surface area contributed by atoms with Crippen LogP contribution in [0.2, 0.25) is 5.02 Å². The van der Waals surface area contributed by atoms with Gasteiger partial charge in [0.05, 0.1) is 10.6 Å². The van der Waals surface area contributed by atoms with Crippen molar-refractivity contribution >= 4 is 38.9 Å². The monoisotopic (exact) mass is 428 g/mol. The molecular weight excluding hydrogens is 408 g/mol. The number of halogens is 1. The second-order valence-electron chi connectivity index (χ2n) is 6.75. The SMILES string of the molecule is Cc1ccc(S(=O)(=O)N(C)c2ccc(C(=O)Nc3cc(Cl)ccc3C)cc2)cc1. The Morgan fingerprint density at radius 1 is 0.931 bits per heavy atom. The predicted molar refractivity (Wildman–Crippen MR) is 117 cm³/mol. The lowest BCUT2D eigenvalue weighted by atomic mass is 10.1. The maximum Gasteiger partial charge on any atom is 0.264 e. The van der Waals surface area contributed by atoms with E-state index in [2.05, 4.69) is 5.32 Å². The van der Waals surface area contributed by atoms with Crippen molar-refractivity contribution in [2.75, 3.05) is 16.7 Å². The number of nitrogens with zero attached hydrogens (tertiary/aromatic N) is 1. The summed E-state index contributed by atoms with van der Waals surface area (Å²) in [5.74, 6) is -0.300. The molecule has 0 atom stereocenters. The number of carbonyl (C=O) groups excluding carboxylic acids is 1. The molecule has 0 aliphatic heterocycles. The van der Waals surface area contributed by atoms with Gasteiger partial charge in [-0.2, -0.15) is 0 Å². The van der Waals surface area contributed by atoms with Gasteiger partial charge in [-0.3, -0.25) is 9.10 Å². The molecule has 0 saturated carbocycles. The second kappa shape index (κ2) is 8.27. The van der Waals surface area contributed by atoms with E-state index in [0.29, 0.717) is 22.0 Å². The van der Waals surface area contributed by atoms with Crippen molar-refractivity contribution < 1.29 is 13.2 Å². The van der Waals surface area contributed by atoms with Crippen molar-refractivity contribution in [2.24, 2.45) is 0 Å². The summed E-state index contributed by atoms with van der Waals surface area (Å²) in [6.45, 7) is 3.77. The Labute approximate surface area is 176 Å². The first-order valence-electron chi connectivity index (χ1n) is 8.91. The molecule has 1 amide bonds. The maximum absolute atomic E-state index is 12.8. The minimum atomic E-state index is -3.68. The van der Waals surface area contributed by atoms with Crippen LogP contribution in [0.15, 0.2) is 71.6 Å². The van der Waals surface area contributed by atoms with Gasteiger partial charge < -0.3 is 5.32 Å². The van der Waals surface area contributed by atoms with Gasteiger partial charge in [0.1, 0.15) is 0 Å². The molecule has 0 fully saturated rings. The lowest BCUT2D eigenvalue weighted by Gasteiger charge is -2.20. The zero-order chi connectivity index (χ0) is 21.2. The van der Waals surface area contributed by atoms with Crippen LogP contribution in [-0.4, -0.2) is 21.4 Å². The lowest BCUT2D eigenvalue weighted by Crippen LogP contribution is -2.26. The number of carbonyl (C=O) groups is 1. The van der Waals surface area contributed by atoms with Crippen LogP contribution in [0.1, 0.15) is 21.5 Å². The molecule has 0 radical (unpaired) electrons. The fourth-order valence-electron chi connectivity index (χ4n) is 2.75. The Hall–Kier alpha value is -2.83. The highest BCUT2D eigenvalue weighted by Crippen LogP contribution is 2.24. The molecule has 3 rings (SSSR count). The lowest BCUT2D eigenvalue weighted by molar-refractivity contribution is 0.102. The van der Waals surface area contributed by atoms with Crippen molar-refractivity contribution in [3.8, 4) is 0 Å². The molecule has 0 spiro atoms. The van der Waals surface area contributed by atoms with Gasteiger partial charge in [0.15, 0.2) is 0 Å². The molecule has 0 aromatic heterocycles. The number of hydrogen-bond donors (Lipinski definition) is 1. The molecule has 0 heterocycles. The summed E-state index contributed by atoms with van der Waals surface area (Å²) in [6.07, 6.45) is 0. The first kappa shape index (κ1) is 20.9. The van der Waals surface area contributed by atoms with Crippen LogP contribution in [0, 0.1) is 13.8 Å². The van der Waals surface area contributed by atoms with Crippen LogP contribution in [0.4, 0.5) is 11.4 Å². The average molecular weight is 429 g/mol. The van der Waals surface area contributed by atoms with Crippen LogP contribution in [0.3, 0.4) is 0 Å². The number of nitrogens with one attached hydrogen (secondary N) is 1. The third-order valence-corrected chi connectivity index (χ3v) is 6.66. The van der Waals surface area contributed by atoms with Gasteiger partial charge in [-0.25, -0.2) is 8.42 Å². The Bertz CT molecular complexity index is 1140. The van der Waals surface area contributed by atoms with E-state index >= 15 is 0 Å². The van der Waals surface area contributed by atoms with Crippen molar-refractivity contribution in [3.63, 3.8) is 0 Å². The zero-order valence-electron chi connectivity index (χ0n) is 16.3. The second-order valence-corrected chi connectivity index (χ2v) is 9.15. The molecule has 3 aromatic carbocycles. The van der Waals surface area contributed by atoms with E-state index in [9.17, 15) is 13.2 Å². The first-order chi connectivity index (χ1) is 13.7. The van der Waals surface area contributed by atoms with Crippen molar-refractivity contribution in [1.29, 1.82) is 0 Å². The van der Waals surface area contributed by atoms with Crippen LogP contribution in [-0.2, 0) is 10.0 Å². The fraction of sp³-hybridized carbons (Fsp3) is 0.136. The molecule has 5 nitrogen and oxygen atoms in total. The number of anilines is 2. The number of sulfonamides is 1. The normalized spacial score (nSPS) is 11.2. The third kappa shape index (κ3) is 4.60. The predicted octanol–water partition coefficient (Wildman–Crippen LogP) is 5.03. The van der Waals surface area contributed by atoms with Gasteiger partial charge in [0.2, 0.25) is 0 Å². The average Bonchev–Trinajstić information content (AvgIpc) is 2.70. The summed E-state index contributed by atoms with van der Waals surface area (Å²) >= 11 is 5.99. The van der Waals surface area contributed by atoms with Gasteiger partial charge in [-0.1, -0.05) is 35.4 Å². The van der Waals surface area contributed by atoms with Gasteiger partial charge in [-0.15, -0.1) is 0 Å². The Balaban J connectivity index is 1.79. The minimum absolute atomic E-state index is 0.212. The molecule has 7 heteroatoms. The van der Waals surface area contributed by atoms with Gasteiger partial charge >= 0.3 is 0 Å². The standard InChI is InChI=1S/C22H21ClN2O3S/c1-15-4-12-20(13-5-15)29(27,28)25(3)19-10-7-17(8-11-19)22(26)24-21-14-18(23)9-6-16(21)2/h4-14H,1-3H3,(H,24,26). The van der Waals surface area contributed by atoms with E-state index in [1.807, 2.05) is 19.9 Å². The van der Waals surface area contributed by atoms with Gasteiger partial charge in [0, 0.05) is 23.3 Å². The first-order valence-corrected chi connectivity index (χ1v) is 10.7. The molecule has 0 saturated heterocycles. The minimum Gasteiger partial charge on any atom is -0.322 e. The van der Waals surface area contributed by atoms with E-state index in [-0.39, 0.29) is 10.8 Å². The molecule has 0 bridgehead atoms. The fourth-order valence-corrected chi connectivity index (χ4v) is 4.12. The topological polar surface area (TPSA) is 66.5 Å². The van der Waals surface area contributed by atoms with E-state index in [1.165, 1.54) is 11.4 Å². The van der Waals surface area contributed by atoms with Crippen LogP contribution < -0.4 is 9.62 Å². The highest BCUT2D eigenvalue weighted by Gasteiger charge is 2.21. The van der Waals surface area contributed by atoms with Crippen molar-refractivity contribution in [3.05, 3.63) is 88.4 Å². The molecule has 29 heavy (non-hydrogen) atoms. The Kier molecular flexibility index (Phi) is 5.96. The highest BCUT2D eigenvalue weighted by atomic mass is 35.5. The number of benzene rings is 3. The smallest absolute Gasteiger partial charge is 0.264 e. The zero-order valence-corrected chi connectivity index (χ0v) is 17.9. The Morgan fingerprint density at radius 2 is 1.55 bits per heavy atom. The highest BCUT2D eigenvalue weighted by molar-refractivity contribution is 7.92. The summed E-state index contributed by atoms with van der Waals surface area (Å²) in [5.41, 5.74) is 3.38. The molecule has 0 unspecified atom stereocenters.